The first-order chi connectivity index (χ1) is 13.6. The molecule has 0 radical (unpaired) electrons. The topological polar surface area (TPSA) is 38.1 Å². The second-order valence-corrected chi connectivity index (χ2v) is 7.73. The van der Waals surface area contributed by atoms with Crippen LogP contribution in [0.15, 0.2) is 42.5 Å². The maximum Gasteiger partial charge on any atom is 0.406 e. The lowest BCUT2D eigenvalue weighted by Gasteiger charge is -2.19. The fourth-order valence-electron chi connectivity index (χ4n) is 3.23. The zero-order chi connectivity index (χ0) is 20.9. The fraction of sp³-hybridized carbons (Fsp3) is 0.158. The summed E-state index contributed by atoms with van der Waals surface area (Å²) in [6.07, 6.45) is -4.51. The van der Waals surface area contributed by atoms with Crippen LogP contribution in [0.2, 0.25) is 15.1 Å². The molecule has 29 heavy (non-hydrogen) atoms. The Balaban J connectivity index is 1.89. The van der Waals surface area contributed by atoms with Crippen molar-refractivity contribution in [3.63, 3.8) is 0 Å². The maximum absolute atomic E-state index is 12.9. The maximum atomic E-state index is 12.9. The molecule has 0 fully saturated rings. The van der Waals surface area contributed by atoms with Crippen molar-refractivity contribution in [2.45, 2.75) is 12.7 Å². The number of imidazole rings is 1. The summed E-state index contributed by atoms with van der Waals surface area (Å²) in [5.74, 6) is -0.410. The summed E-state index contributed by atoms with van der Waals surface area (Å²) in [6.45, 7) is -1.60. The van der Waals surface area contributed by atoms with Crippen LogP contribution in [0.1, 0.15) is 16.2 Å². The molecular formula is C19H11Cl3F3N3O. The Bertz CT molecular complexity index is 1110. The number of fused-ring (bicyclic) bond motifs is 1. The molecule has 2 heterocycles. The SMILES string of the molecule is O=C1c2nc(-c3ccc(Cl)cc3)n(-c3ccc(Cl)cc3Cl)c2CN1CC(F)(F)F. The second kappa shape index (κ2) is 7.23. The molecule has 1 aliphatic heterocycles. The van der Waals surface area contributed by atoms with Gasteiger partial charge in [-0.25, -0.2) is 4.98 Å². The summed E-state index contributed by atoms with van der Waals surface area (Å²) in [6, 6.07) is 11.5. The third kappa shape index (κ3) is 3.82. The lowest BCUT2D eigenvalue weighted by atomic mass is 10.2. The van der Waals surface area contributed by atoms with Crippen molar-refractivity contribution in [1.29, 1.82) is 0 Å². The molecule has 1 amide bonds. The number of carbonyl (C=O) groups excluding carboxylic acids is 1. The molecule has 150 valence electrons. The highest BCUT2D eigenvalue weighted by atomic mass is 35.5. The standard InChI is InChI=1S/C19H11Cl3F3N3O/c20-11-3-1-10(2-4-11)17-26-16-15(8-27(18(16)29)9-19(23,24)25)28(17)14-6-5-12(21)7-13(14)22/h1-7H,8-9H2. The van der Waals surface area contributed by atoms with Gasteiger partial charge in [-0.05, 0) is 42.5 Å². The Hall–Kier alpha value is -2.22. The van der Waals surface area contributed by atoms with Gasteiger partial charge < -0.3 is 4.90 Å². The number of alkyl halides is 3. The molecule has 3 aromatic rings. The minimum Gasteiger partial charge on any atom is -0.322 e. The van der Waals surface area contributed by atoms with Crippen molar-refractivity contribution in [1.82, 2.24) is 14.5 Å². The lowest BCUT2D eigenvalue weighted by molar-refractivity contribution is -0.141. The Morgan fingerprint density at radius 2 is 1.66 bits per heavy atom. The normalized spacial score (nSPS) is 13.9. The van der Waals surface area contributed by atoms with Crippen LogP contribution in [0.5, 0.6) is 0 Å². The van der Waals surface area contributed by atoms with Gasteiger partial charge in [0.15, 0.2) is 5.69 Å². The predicted molar refractivity (Wildman–Crippen MR) is 105 cm³/mol. The van der Waals surface area contributed by atoms with Crippen LogP contribution in [0, 0.1) is 0 Å². The van der Waals surface area contributed by atoms with Crippen LogP contribution in [0.25, 0.3) is 17.1 Å². The predicted octanol–water partition coefficient (Wildman–Crippen LogP) is 6.02. The Labute approximate surface area is 178 Å². The number of aromatic nitrogens is 2. The molecule has 2 aromatic carbocycles. The van der Waals surface area contributed by atoms with Gasteiger partial charge in [-0.3, -0.25) is 9.36 Å². The molecule has 4 rings (SSSR count). The lowest BCUT2D eigenvalue weighted by Crippen LogP contribution is -2.34. The number of hydrogen-bond donors (Lipinski definition) is 0. The Kier molecular flexibility index (Phi) is 5.01. The molecule has 1 aromatic heterocycles. The van der Waals surface area contributed by atoms with E-state index in [1.165, 1.54) is 6.07 Å². The van der Waals surface area contributed by atoms with Gasteiger partial charge in [0.1, 0.15) is 12.4 Å². The number of nitrogens with zero attached hydrogens (tertiary/aromatic N) is 3. The van der Waals surface area contributed by atoms with E-state index in [2.05, 4.69) is 4.98 Å². The number of benzene rings is 2. The van der Waals surface area contributed by atoms with E-state index in [1.807, 2.05) is 0 Å². The van der Waals surface area contributed by atoms with Crippen molar-refractivity contribution in [2.75, 3.05) is 6.54 Å². The molecule has 0 atom stereocenters. The van der Waals surface area contributed by atoms with E-state index in [0.29, 0.717) is 37.7 Å². The molecule has 4 nitrogen and oxygen atoms in total. The van der Waals surface area contributed by atoms with Crippen molar-refractivity contribution >= 4 is 40.7 Å². The van der Waals surface area contributed by atoms with Crippen molar-refractivity contribution in [2.24, 2.45) is 0 Å². The molecule has 1 aliphatic rings. The van der Waals surface area contributed by atoms with Crippen LogP contribution in [0.4, 0.5) is 13.2 Å². The van der Waals surface area contributed by atoms with Gasteiger partial charge in [-0.15, -0.1) is 0 Å². The molecule has 0 N–H and O–H groups in total. The molecule has 0 unspecified atom stereocenters. The van der Waals surface area contributed by atoms with Gasteiger partial charge in [-0.1, -0.05) is 34.8 Å². The van der Waals surface area contributed by atoms with Crippen LogP contribution in [-0.2, 0) is 6.54 Å². The summed E-state index contributed by atoms with van der Waals surface area (Å²) >= 11 is 18.3. The molecule has 0 bridgehead atoms. The highest BCUT2D eigenvalue weighted by Gasteiger charge is 2.41. The summed E-state index contributed by atoms with van der Waals surface area (Å²) in [4.78, 5) is 17.6. The van der Waals surface area contributed by atoms with E-state index >= 15 is 0 Å². The monoisotopic (exact) mass is 459 g/mol. The highest BCUT2D eigenvalue weighted by Crippen LogP contribution is 2.36. The molecule has 0 saturated heterocycles. The summed E-state index contributed by atoms with van der Waals surface area (Å²) < 4.78 is 40.2. The van der Waals surface area contributed by atoms with Gasteiger partial charge in [0, 0.05) is 15.6 Å². The third-order valence-electron chi connectivity index (χ3n) is 4.43. The van der Waals surface area contributed by atoms with Crippen LogP contribution >= 0.6 is 34.8 Å². The molecule has 0 aliphatic carbocycles. The molecule has 0 saturated carbocycles. The first kappa shape index (κ1) is 20.1. The Morgan fingerprint density at radius 1 is 1.00 bits per heavy atom. The minimum atomic E-state index is -4.51. The largest absolute Gasteiger partial charge is 0.406 e. The zero-order valence-electron chi connectivity index (χ0n) is 14.5. The van der Waals surface area contributed by atoms with Crippen molar-refractivity contribution < 1.29 is 18.0 Å². The minimum absolute atomic E-state index is 0.0368. The van der Waals surface area contributed by atoms with Gasteiger partial charge in [0.25, 0.3) is 5.91 Å². The van der Waals surface area contributed by atoms with Crippen LogP contribution in [0.3, 0.4) is 0 Å². The average molecular weight is 461 g/mol. The average Bonchev–Trinajstić information content (AvgIpc) is 3.12. The second-order valence-electron chi connectivity index (χ2n) is 6.45. The van der Waals surface area contributed by atoms with Gasteiger partial charge in [0.05, 0.1) is 22.9 Å². The number of halogens is 6. The summed E-state index contributed by atoms with van der Waals surface area (Å²) in [5, 5.41) is 1.18. The highest BCUT2D eigenvalue weighted by molar-refractivity contribution is 6.35. The fourth-order valence-corrected chi connectivity index (χ4v) is 3.85. The van der Waals surface area contributed by atoms with E-state index in [9.17, 15) is 18.0 Å². The van der Waals surface area contributed by atoms with E-state index in [-0.39, 0.29) is 17.3 Å². The van der Waals surface area contributed by atoms with Crippen molar-refractivity contribution in [3.05, 3.63) is 68.9 Å². The number of rotatable bonds is 3. The first-order valence-electron chi connectivity index (χ1n) is 8.33. The van der Waals surface area contributed by atoms with Crippen LogP contribution in [-0.4, -0.2) is 33.1 Å². The number of amides is 1. The van der Waals surface area contributed by atoms with Gasteiger partial charge >= 0.3 is 6.18 Å². The molecular weight excluding hydrogens is 450 g/mol. The summed E-state index contributed by atoms with van der Waals surface area (Å²) in [5.41, 5.74) is 1.38. The molecule has 0 spiro atoms. The van der Waals surface area contributed by atoms with Crippen molar-refractivity contribution in [3.8, 4) is 17.1 Å². The Morgan fingerprint density at radius 3 is 2.28 bits per heavy atom. The van der Waals surface area contributed by atoms with Gasteiger partial charge in [0.2, 0.25) is 0 Å². The van der Waals surface area contributed by atoms with Crippen LogP contribution < -0.4 is 0 Å². The third-order valence-corrected chi connectivity index (χ3v) is 5.22. The number of hydrogen-bond acceptors (Lipinski definition) is 2. The van der Waals surface area contributed by atoms with E-state index in [4.69, 9.17) is 34.8 Å². The molecule has 10 heteroatoms. The smallest absolute Gasteiger partial charge is 0.322 e. The quantitative estimate of drug-likeness (QED) is 0.479. The van der Waals surface area contributed by atoms with E-state index in [1.54, 1.807) is 41.0 Å². The summed E-state index contributed by atoms with van der Waals surface area (Å²) in [7, 11) is 0. The van der Waals surface area contributed by atoms with E-state index < -0.39 is 18.6 Å². The van der Waals surface area contributed by atoms with E-state index in [0.717, 1.165) is 0 Å². The first-order valence-corrected chi connectivity index (χ1v) is 9.46. The zero-order valence-corrected chi connectivity index (χ0v) is 16.7. The van der Waals surface area contributed by atoms with Gasteiger partial charge in [-0.2, -0.15) is 13.2 Å². The number of carbonyl (C=O) groups is 1.